The Morgan fingerprint density at radius 1 is 1.16 bits per heavy atom. The molecule has 2 fully saturated rings. The Hall–Kier alpha value is -0.0800. The number of nitrogens with zero attached hydrogens (tertiary/aromatic N) is 1. The third-order valence-corrected chi connectivity index (χ3v) is 5.90. The Kier molecular flexibility index (Phi) is 4.94. The maximum atomic E-state index is 3.96. The van der Waals surface area contributed by atoms with Crippen molar-refractivity contribution in [2.24, 2.45) is 5.92 Å². The molecule has 0 aromatic carbocycles. The fourth-order valence-electron chi connectivity index (χ4n) is 3.80. The molecule has 0 amide bonds. The van der Waals surface area contributed by atoms with Gasteiger partial charge in [0.25, 0.3) is 0 Å². The van der Waals surface area contributed by atoms with E-state index in [1.807, 2.05) is 0 Å². The highest BCUT2D eigenvalue weighted by Crippen LogP contribution is 2.36. The molecule has 1 spiro atoms. The summed E-state index contributed by atoms with van der Waals surface area (Å²) in [4.78, 5) is 2.82. The quantitative estimate of drug-likeness (QED) is 0.832. The smallest absolute Gasteiger partial charge is 0.0309 e. The maximum Gasteiger partial charge on any atom is 0.0309 e. The van der Waals surface area contributed by atoms with Gasteiger partial charge in [-0.05, 0) is 32.1 Å². The molecule has 0 aromatic heterocycles. The van der Waals surface area contributed by atoms with Crippen LogP contribution in [0.3, 0.4) is 0 Å². The van der Waals surface area contributed by atoms with Crippen LogP contribution in [0.1, 0.15) is 72.6 Å². The fraction of sp³-hybridized carbons (Fsp3) is 1.00. The minimum Gasteiger partial charge on any atom is -0.308 e. The Labute approximate surface area is 120 Å². The second kappa shape index (κ2) is 6.13. The van der Waals surface area contributed by atoms with Crippen LogP contribution in [0, 0.1) is 5.92 Å². The van der Waals surface area contributed by atoms with Gasteiger partial charge in [0.15, 0.2) is 0 Å². The number of hydrogen-bond acceptors (Lipinski definition) is 2. The van der Waals surface area contributed by atoms with Crippen LogP contribution in [0.2, 0.25) is 0 Å². The lowest BCUT2D eigenvalue weighted by Crippen LogP contribution is -2.69. The van der Waals surface area contributed by atoms with E-state index >= 15 is 0 Å². The first-order valence-electron chi connectivity index (χ1n) is 8.54. The van der Waals surface area contributed by atoms with Crippen LogP contribution in [-0.4, -0.2) is 35.6 Å². The first-order valence-corrected chi connectivity index (χ1v) is 8.54. The van der Waals surface area contributed by atoms with E-state index in [1.54, 1.807) is 0 Å². The van der Waals surface area contributed by atoms with Gasteiger partial charge in [-0.1, -0.05) is 46.5 Å². The van der Waals surface area contributed by atoms with Crippen LogP contribution in [0.15, 0.2) is 0 Å². The van der Waals surface area contributed by atoms with Crippen molar-refractivity contribution in [1.82, 2.24) is 10.2 Å². The molecule has 0 radical (unpaired) electrons. The van der Waals surface area contributed by atoms with Crippen molar-refractivity contribution in [2.75, 3.05) is 19.6 Å². The average Bonchev–Trinajstić information content (AvgIpc) is 2.44. The van der Waals surface area contributed by atoms with Gasteiger partial charge in [-0.15, -0.1) is 0 Å². The number of nitrogens with one attached hydrogen (secondary N) is 1. The molecule has 2 heteroatoms. The molecule has 1 N–H and O–H groups in total. The van der Waals surface area contributed by atoms with E-state index in [2.05, 4.69) is 37.9 Å². The Morgan fingerprint density at radius 3 is 2.42 bits per heavy atom. The number of rotatable bonds is 4. The Balaban J connectivity index is 2.08. The molecule has 2 nitrogen and oxygen atoms in total. The van der Waals surface area contributed by atoms with E-state index < -0.39 is 0 Å². The predicted octanol–water partition coefficient (Wildman–Crippen LogP) is 3.81. The zero-order chi connectivity index (χ0) is 13.9. The lowest BCUT2D eigenvalue weighted by molar-refractivity contribution is -0.0101. The summed E-state index contributed by atoms with van der Waals surface area (Å²) in [5.74, 6) is 0.824. The molecule has 0 bridgehead atoms. The molecule has 1 saturated heterocycles. The van der Waals surface area contributed by atoms with Gasteiger partial charge in [0.05, 0.1) is 0 Å². The zero-order valence-electron chi connectivity index (χ0n) is 13.6. The van der Waals surface area contributed by atoms with Crippen molar-refractivity contribution in [3.8, 4) is 0 Å². The molecule has 1 aliphatic carbocycles. The van der Waals surface area contributed by atoms with Crippen LogP contribution >= 0.6 is 0 Å². The van der Waals surface area contributed by atoms with Gasteiger partial charge >= 0.3 is 0 Å². The third kappa shape index (κ3) is 3.33. The summed E-state index contributed by atoms with van der Waals surface area (Å²) in [7, 11) is 0. The summed E-state index contributed by atoms with van der Waals surface area (Å²) in [6, 6.07) is 0. The van der Waals surface area contributed by atoms with Crippen LogP contribution in [0.25, 0.3) is 0 Å². The van der Waals surface area contributed by atoms with E-state index in [0.717, 1.165) is 5.92 Å². The van der Waals surface area contributed by atoms with Gasteiger partial charge in [-0.25, -0.2) is 0 Å². The SMILES string of the molecule is CCC(C)CN1CC2(CCCCC2)NCC1(C)CC. The van der Waals surface area contributed by atoms with Gasteiger partial charge in [-0.3, -0.25) is 4.90 Å². The summed E-state index contributed by atoms with van der Waals surface area (Å²) in [5.41, 5.74) is 0.812. The molecule has 1 heterocycles. The monoisotopic (exact) mass is 266 g/mol. The predicted molar refractivity (Wildman–Crippen MR) is 83.5 cm³/mol. The van der Waals surface area contributed by atoms with Gasteiger partial charge in [0.2, 0.25) is 0 Å². The van der Waals surface area contributed by atoms with Gasteiger partial charge < -0.3 is 5.32 Å². The summed E-state index contributed by atoms with van der Waals surface area (Å²) in [6.07, 6.45) is 9.64. The lowest BCUT2D eigenvalue weighted by Gasteiger charge is -2.55. The van der Waals surface area contributed by atoms with Gasteiger partial charge in [-0.2, -0.15) is 0 Å². The summed E-state index contributed by atoms with van der Waals surface area (Å²) < 4.78 is 0. The first-order chi connectivity index (χ1) is 9.03. The van der Waals surface area contributed by atoms with E-state index in [4.69, 9.17) is 0 Å². The highest BCUT2D eigenvalue weighted by Gasteiger charge is 2.44. The highest BCUT2D eigenvalue weighted by molar-refractivity contribution is 5.04. The first kappa shape index (κ1) is 15.3. The number of piperazine rings is 1. The second-order valence-electron chi connectivity index (χ2n) is 7.44. The molecule has 1 saturated carbocycles. The lowest BCUT2D eigenvalue weighted by atomic mass is 9.76. The fourth-order valence-corrected chi connectivity index (χ4v) is 3.80. The summed E-state index contributed by atoms with van der Waals surface area (Å²) in [6.45, 7) is 13.3. The largest absolute Gasteiger partial charge is 0.308 e. The highest BCUT2D eigenvalue weighted by atomic mass is 15.3. The molecule has 19 heavy (non-hydrogen) atoms. The van der Waals surface area contributed by atoms with Crippen molar-refractivity contribution >= 4 is 0 Å². The minimum absolute atomic E-state index is 0.367. The second-order valence-corrected chi connectivity index (χ2v) is 7.44. The van der Waals surface area contributed by atoms with E-state index in [1.165, 1.54) is 64.6 Å². The third-order valence-electron chi connectivity index (χ3n) is 5.90. The topological polar surface area (TPSA) is 15.3 Å². The van der Waals surface area contributed by atoms with Crippen molar-refractivity contribution < 1.29 is 0 Å². The molecular formula is C17H34N2. The van der Waals surface area contributed by atoms with E-state index in [-0.39, 0.29) is 0 Å². The van der Waals surface area contributed by atoms with Crippen molar-refractivity contribution in [1.29, 1.82) is 0 Å². The van der Waals surface area contributed by atoms with Crippen LogP contribution in [0.5, 0.6) is 0 Å². The summed E-state index contributed by atoms with van der Waals surface area (Å²) in [5, 5.41) is 3.96. The normalized spacial score (nSPS) is 33.5. The molecule has 112 valence electrons. The Morgan fingerprint density at radius 2 is 1.84 bits per heavy atom. The average molecular weight is 266 g/mol. The molecule has 2 atom stereocenters. The molecule has 2 unspecified atom stereocenters. The van der Waals surface area contributed by atoms with Gasteiger partial charge in [0, 0.05) is 30.7 Å². The van der Waals surface area contributed by atoms with E-state index in [9.17, 15) is 0 Å². The van der Waals surface area contributed by atoms with Crippen molar-refractivity contribution in [2.45, 2.75) is 83.7 Å². The summed E-state index contributed by atoms with van der Waals surface area (Å²) >= 11 is 0. The molecule has 2 aliphatic rings. The molecule has 0 aromatic rings. The van der Waals surface area contributed by atoms with Crippen LogP contribution in [0.4, 0.5) is 0 Å². The molecule has 2 rings (SSSR count). The number of hydrogen-bond donors (Lipinski definition) is 1. The van der Waals surface area contributed by atoms with E-state index in [0.29, 0.717) is 11.1 Å². The van der Waals surface area contributed by atoms with Crippen molar-refractivity contribution in [3.63, 3.8) is 0 Å². The molecular weight excluding hydrogens is 232 g/mol. The van der Waals surface area contributed by atoms with Crippen LogP contribution < -0.4 is 5.32 Å². The zero-order valence-corrected chi connectivity index (χ0v) is 13.6. The maximum absolute atomic E-state index is 3.96. The van der Waals surface area contributed by atoms with Gasteiger partial charge in [0.1, 0.15) is 0 Å². The Bertz CT molecular complexity index is 283. The standard InChI is InChI=1S/C17H34N2/c1-5-15(3)12-19-14-17(10-8-7-9-11-17)18-13-16(19,4)6-2/h15,18H,5-14H2,1-4H3. The van der Waals surface area contributed by atoms with Crippen molar-refractivity contribution in [3.05, 3.63) is 0 Å². The van der Waals surface area contributed by atoms with Crippen LogP contribution in [-0.2, 0) is 0 Å². The molecule has 1 aliphatic heterocycles. The minimum atomic E-state index is 0.367.